The second-order valence-electron chi connectivity index (χ2n) is 31.4. The van der Waals surface area contributed by atoms with Gasteiger partial charge in [-0.3, -0.25) is 0 Å². The van der Waals surface area contributed by atoms with Crippen molar-refractivity contribution in [1.29, 1.82) is 0 Å². The van der Waals surface area contributed by atoms with Crippen LogP contribution in [0.4, 0.5) is 0 Å². The maximum atomic E-state index is 2.39. The lowest BCUT2D eigenvalue weighted by Gasteiger charge is -2.43. The average molecular weight is 934 g/mol. The summed E-state index contributed by atoms with van der Waals surface area (Å²) in [5.41, 5.74) is 4.23. The summed E-state index contributed by atoms with van der Waals surface area (Å²) in [5.74, 6) is 8.14. The van der Waals surface area contributed by atoms with E-state index in [0.29, 0.717) is 43.3 Å². The standard InChI is InChI=1S/2C15H30.2C14H28.4C2H6/c1-14(2,3)10-12-7-8-13(9-12)11-15(4,5)6;1-14(2,3)10-12-8-7-9-13(12)11-15(4,5)6;1-13(2,3)9-11-7-12(8-11)10-14(4,5)6;1-13(2,3)9-11-7-8-12(11)10-14(4,5)6;4*1-2/h2*12-13H,7-11H2,1-6H3;2*11-12H,7-10H2,1-6H3;4*1-2H3. The number of hydrogen-bond acceptors (Lipinski definition) is 0. The Bertz CT molecular complexity index is 1000. The summed E-state index contributed by atoms with van der Waals surface area (Å²) < 4.78 is 0. The van der Waals surface area contributed by atoms with E-state index in [-0.39, 0.29) is 0 Å². The molecule has 0 saturated heterocycles. The summed E-state index contributed by atoms with van der Waals surface area (Å²) in [5, 5.41) is 0. The van der Waals surface area contributed by atoms with Crippen molar-refractivity contribution >= 4 is 0 Å². The molecule has 0 radical (unpaired) electrons. The number of hydrogen-bond donors (Lipinski definition) is 0. The molecule has 0 aromatic carbocycles. The molecule has 66 heavy (non-hydrogen) atoms. The summed E-state index contributed by atoms with van der Waals surface area (Å²) >= 11 is 0. The molecule has 0 heterocycles. The van der Waals surface area contributed by atoms with Crippen molar-refractivity contribution in [3.8, 4) is 0 Å². The summed E-state index contributed by atoms with van der Waals surface area (Å²) in [6.45, 7) is 73.0. The first-order valence-corrected chi connectivity index (χ1v) is 29.7. The largest absolute Gasteiger partial charge is 0.0683 e. The average Bonchev–Trinajstić information content (AvgIpc) is 3.72. The molecule has 4 rings (SSSR count). The molecule has 0 spiro atoms. The molecule has 6 atom stereocenters. The van der Waals surface area contributed by atoms with Crippen molar-refractivity contribution in [3.05, 3.63) is 0 Å². The van der Waals surface area contributed by atoms with Gasteiger partial charge in [0.1, 0.15) is 0 Å². The predicted octanol–water partition coefficient (Wildman–Crippen LogP) is 24.4. The molecule has 0 bridgehead atoms. The third-order valence-corrected chi connectivity index (χ3v) is 13.5. The van der Waals surface area contributed by atoms with Crippen molar-refractivity contribution in [2.45, 2.75) is 337 Å². The molecule has 0 heteroatoms. The SMILES string of the molecule is CC.CC.CC.CC.CC(C)(C)CC1CC(CC(C)(C)C)C1.CC(C)(C)CC1CCC(CC(C)(C)C)C1.CC(C)(C)CC1CCC1CC(C)(C)C.CC(C)(C)CC1CCCC1CC(C)(C)C. The van der Waals surface area contributed by atoms with Crippen LogP contribution in [0.3, 0.4) is 0 Å². The maximum Gasteiger partial charge on any atom is -0.0380 e. The molecule has 4 fully saturated rings. The van der Waals surface area contributed by atoms with Crippen LogP contribution in [0.1, 0.15) is 337 Å². The Labute approximate surface area is 425 Å². The van der Waals surface area contributed by atoms with Crippen LogP contribution in [0, 0.1) is 90.7 Å². The molecule has 404 valence electrons. The number of rotatable bonds is 8. The van der Waals surface area contributed by atoms with Crippen LogP contribution in [0.5, 0.6) is 0 Å². The lowest BCUT2D eigenvalue weighted by atomic mass is 9.63. The van der Waals surface area contributed by atoms with E-state index in [1.165, 1.54) is 116 Å². The van der Waals surface area contributed by atoms with Crippen LogP contribution in [0.15, 0.2) is 0 Å². The minimum atomic E-state index is 0.519. The van der Waals surface area contributed by atoms with E-state index in [9.17, 15) is 0 Å². The Hall–Kier alpha value is 0. The third-order valence-electron chi connectivity index (χ3n) is 13.5. The zero-order valence-electron chi connectivity index (χ0n) is 53.3. The van der Waals surface area contributed by atoms with Crippen molar-refractivity contribution in [2.24, 2.45) is 90.7 Å². The molecule has 0 N–H and O–H groups in total. The quantitative estimate of drug-likeness (QED) is 0.228. The van der Waals surface area contributed by atoms with E-state index in [4.69, 9.17) is 0 Å². The summed E-state index contributed by atoms with van der Waals surface area (Å²) in [6.07, 6.45) is 26.3. The van der Waals surface area contributed by atoms with Crippen molar-refractivity contribution in [2.75, 3.05) is 0 Å². The van der Waals surface area contributed by atoms with E-state index < -0.39 is 0 Å². The van der Waals surface area contributed by atoms with Gasteiger partial charge in [0, 0.05) is 0 Å². The highest BCUT2D eigenvalue weighted by atomic mass is 14.4. The lowest BCUT2D eigenvalue weighted by molar-refractivity contribution is 0.0793. The highest BCUT2D eigenvalue weighted by Crippen LogP contribution is 2.48. The van der Waals surface area contributed by atoms with Gasteiger partial charge in [0.2, 0.25) is 0 Å². The Morgan fingerprint density at radius 1 is 0.212 bits per heavy atom. The van der Waals surface area contributed by atoms with Gasteiger partial charge in [-0.25, -0.2) is 0 Å². The van der Waals surface area contributed by atoms with Gasteiger partial charge >= 0.3 is 0 Å². The highest BCUT2D eigenvalue weighted by molar-refractivity contribution is 4.88. The van der Waals surface area contributed by atoms with E-state index in [1.54, 1.807) is 0 Å². The molecule has 0 nitrogen and oxygen atoms in total. The second-order valence-corrected chi connectivity index (χ2v) is 31.4. The van der Waals surface area contributed by atoms with Gasteiger partial charge in [0.25, 0.3) is 0 Å². The Morgan fingerprint density at radius 3 is 0.561 bits per heavy atom. The molecule has 6 unspecified atom stereocenters. The summed E-state index contributed by atoms with van der Waals surface area (Å²) in [7, 11) is 0. The van der Waals surface area contributed by atoms with Crippen LogP contribution in [0.2, 0.25) is 0 Å². The monoisotopic (exact) mass is 933 g/mol. The minimum absolute atomic E-state index is 0.519. The fourth-order valence-electron chi connectivity index (χ4n) is 12.2. The van der Waals surface area contributed by atoms with Gasteiger partial charge in [0.15, 0.2) is 0 Å². The first-order chi connectivity index (χ1) is 29.7. The van der Waals surface area contributed by atoms with E-state index in [2.05, 4.69) is 166 Å². The van der Waals surface area contributed by atoms with E-state index >= 15 is 0 Å². The first-order valence-electron chi connectivity index (χ1n) is 29.7. The third kappa shape index (κ3) is 44.0. The lowest BCUT2D eigenvalue weighted by Crippen LogP contribution is -2.32. The van der Waals surface area contributed by atoms with Crippen molar-refractivity contribution < 1.29 is 0 Å². The fourth-order valence-corrected chi connectivity index (χ4v) is 12.2. The fraction of sp³-hybridized carbons (Fsp3) is 1.00. The van der Waals surface area contributed by atoms with Crippen LogP contribution < -0.4 is 0 Å². The molecule has 0 aromatic rings. The molecule has 4 aliphatic carbocycles. The first kappa shape index (κ1) is 72.5. The molecular weight excluding hydrogens is 793 g/mol. The maximum absolute atomic E-state index is 2.39. The van der Waals surface area contributed by atoms with Gasteiger partial charge < -0.3 is 0 Å². The molecule has 4 aliphatic rings. The Balaban J connectivity index is -0.000000369. The van der Waals surface area contributed by atoms with Gasteiger partial charge in [0.05, 0.1) is 0 Å². The predicted molar refractivity (Wildman–Crippen MR) is 312 cm³/mol. The molecular formula is C66H140. The summed E-state index contributed by atoms with van der Waals surface area (Å²) in [6, 6.07) is 0. The van der Waals surface area contributed by atoms with Crippen LogP contribution >= 0.6 is 0 Å². The van der Waals surface area contributed by atoms with Gasteiger partial charge in [-0.15, -0.1) is 0 Å². The van der Waals surface area contributed by atoms with Gasteiger partial charge in [-0.1, -0.05) is 254 Å². The molecule has 0 aromatic heterocycles. The zero-order valence-corrected chi connectivity index (χ0v) is 53.3. The Kier molecular flexibility index (Phi) is 36.1. The second kappa shape index (κ2) is 32.9. The van der Waals surface area contributed by atoms with Crippen LogP contribution in [-0.2, 0) is 0 Å². The van der Waals surface area contributed by atoms with E-state index in [0.717, 1.165) is 47.3 Å². The normalized spacial score (nSPS) is 25.5. The van der Waals surface area contributed by atoms with E-state index in [1.807, 2.05) is 55.4 Å². The van der Waals surface area contributed by atoms with Gasteiger partial charge in [-0.05, 0) is 174 Å². The minimum Gasteiger partial charge on any atom is -0.0683 e. The molecule has 4 saturated carbocycles. The van der Waals surface area contributed by atoms with Crippen molar-refractivity contribution in [3.63, 3.8) is 0 Å². The Morgan fingerprint density at radius 2 is 0.379 bits per heavy atom. The van der Waals surface area contributed by atoms with Crippen LogP contribution in [-0.4, -0.2) is 0 Å². The highest BCUT2D eigenvalue weighted by Gasteiger charge is 2.37. The smallest absolute Gasteiger partial charge is 0.0380 e. The van der Waals surface area contributed by atoms with Crippen molar-refractivity contribution in [1.82, 2.24) is 0 Å². The van der Waals surface area contributed by atoms with Gasteiger partial charge in [-0.2, -0.15) is 0 Å². The molecule has 0 aliphatic heterocycles. The molecule has 0 amide bonds. The van der Waals surface area contributed by atoms with Crippen LogP contribution in [0.25, 0.3) is 0 Å². The summed E-state index contributed by atoms with van der Waals surface area (Å²) in [4.78, 5) is 0. The topological polar surface area (TPSA) is 0 Å². The zero-order chi connectivity index (χ0) is 53.3.